The molecule has 0 saturated carbocycles. The second-order valence-electron chi connectivity index (χ2n) is 5.13. The zero-order chi connectivity index (χ0) is 15.5. The number of amides is 1. The molecule has 0 aliphatic carbocycles. The van der Waals surface area contributed by atoms with E-state index in [1.165, 1.54) is 6.07 Å². The van der Waals surface area contributed by atoms with Crippen molar-refractivity contribution in [3.05, 3.63) is 29.1 Å². The van der Waals surface area contributed by atoms with Crippen LogP contribution in [0.3, 0.4) is 0 Å². The van der Waals surface area contributed by atoms with Crippen molar-refractivity contribution >= 4 is 33.8 Å². The van der Waals surface area contributed by atoms with Crippen LogP contribution in [0.1, 0.15) is 24.5 Å². The van der Waals surface area contributed by atoms with Gasteiger partial charge in [-0.1, -0.05) is 13.0 Å². The highest BCUT2D eigenvalue weighted by Gasteiger charge is 2.20. The molecule has 0 spiro atoms. The highest BCUT2D eigenvalue weighted by atomic mass is 35.5. The molecular weight excluding hydrogens is 331 g/mol. The van der Waals surface area contributed by atoms with Crippen molar-refractivity contribution in [3.63, 3.8) is 0 Å². The monoisotopic (exact) mass is 350 g/mol. The average Bonchev–Trinajstić information content (AvgIpc) is 2.41. The third-order valence-corrected chi connectivity index (χ3v) is 5.08. The van der Waals surface area contributed by atoms with Gasteiger partial charge < -0.3 is 10.6 Å². The van der Waals surface area contributed by atoms with Crippen LogP contribution in [-0.2, 0) is 27.6 Å². The fraction of sp³-hybridized carbons (Fsp3) is 0.500. The van der Waals surface area contributed by atoms with E-state index in [4.69, 9.17) is 0 Å². The minimum atomic E-state index is -3.43. The van der Waals surface area contributed by atoms with E-state index in [-0.39, 0.29) is 23.8 Å². The highest BCUT2D eigenvalue weighted by molar-refractivity contribution is 7.92. The Bertz CT molecular complexity index is 650. The van der Waals surface area contributed by atoms with Gasteiger partial charge in [-0.15, -0.1) is 12.4 Å². The van der Waals surface area contributed by atoms with E-state index < -0.39 is 27.3 Å². The fourth-order valence-electron chi connectivity index (χ4n) is 2.40. The Kier molecular flexibility index (Phi) is 6.77. The Morgan fingerprint density at radius 3 is 2.82 bits per heavy atom. The molecule has 22 heavy (non-hydrogen) atoms. The molecule has 2 rings (SSSR count). The lowest BCUT2D eigenvalue weighted by atomic mass is 9.99. The zero-order valence-electron chi connectivity index (χ0n) is 12.3. The van der Waals surface area contributed by atoms with E-state index in [9.17, 15) is 17.6 Å². The van der Waals surface area contributed by atoms with Crippen LogP contribution >= 0.6 is 12.4 Å². The Balaban J connectivity index is 0.00000242. The lowest BCUT2D eigenvalue weighted by molar-refractivity contribution is -0.113. The lowest BCUT2D eigenvalue weighted by Gasteiger charge is -2.19. The smallest absolute Gasteiger partial charge is 0.239 e. The number of carbonyl (C=O) groups is 1. The molecule has 5 nitrogen and oxygen atoms in total. The molecule has 0 saturated heterocycles. The summed E-state index contributed by atoms with van der Waals surface area (Å²) < 4.78 is 37.5. The maximum atomic E-state index is 14.3. The zero-order valence-corrected chi connectivity index (χ0v) is 13.9. The number of anilines is 1. The minimum absolute atomic E-state index is 0. The minimum Gasteiger partial charge on any atom is -0.323 e. The van der Waals surface area contributed by atoms with Gasteiger partial charge in [0.15, 0.2) is 9.84 Å². The van der Waals surface area contributed by atoms with Gasteiger partial charge in [0, 0.05) is 6.54 Å². The van der Waals surface area contributed by atoms with Gasteiger partial charge >= 0.3 is 0 Å². The predicted octanol–water partition coefficient (Wildman–Crippen LogP) is 1.66. The van der Waals surface area contributed by atoms with Crippen molar-refractivity contribution in [2.75, 3.05) is 23.4 Å². The second kappa shape index (κ2) is 7.89. The van der Waals surface area contributed by atoms with Gasteiger partial charge in [0.05, 0.1) is 11.4 Å². The first-order chi connectivity index (χ1) is 9.93. The Morgan fingerprint density at radius 1 is 1.41 bits per heavy atom. The summed E-state index contributed by atoms with van der Waals surface area (Å²) in [6.45, 7) is 3.02. The molecule has 1 aromatic rings. The van der Waals surface area contributed by atoms with Crippen molar-refractivity contribution in [2.45, 2.75) is 26.3 Å². The van der Waals surface area contributed by atoms with E-state index in [0.717, 1.165) is 5.56 Å². The first-order valence-corrected chi connectivity index (χ1v) is 8.76. The Morgan fingerprint density at radius 2 is 2.14 bits per heavy atom. The van der Waals surface area contributed by atoms with E-state index in [1.807, 2.05) is 0 Å². The average molecular weight is 351 g/mol. The van der Waals surface area contributed by atoms with E-state index in [2.05, 4.69) is 10.6 Å². The summed E-state index contributed by atoms with van der Waals surface area (Å²) in [6, 6.07) is 3.23. The molecular formula is C14H20ClFN2O3S. The van der Waals surface area contributed by atoms with Crippen LogP contribution in [0.25, 0.3) is 0 Å². The maximum Gasteiger partial charge on any atom is 0.239 e. The van der Waals surface area contributed by atoms with Crippen LogP contribution in [0.5, 0.6) is 0 Å². The second-order valence-corrected chi connectivity index (χ2v) is 7.32. The van der Waals surface area contributed by atoms with Gasteiger partial charge in [-0.25, -0.2) is 12.8 Å². The number of benzene rings is 1. The molecule has 8 heteroatoms. The predicted molar refractivity (Wildman–Crippen MR) is 86.6 cm³/mol. The lowest BCUT2D eigenvalue weighted by Crippen LogP contribution is -2.27. The van der Waals surface area contributed by atoms with Crippen LogP contribution in [0, 0.1) is 5.82 Å². The van der Waals surface area contributed by atoms with Crippen LogP contribution in [-0.4, -0.2) is 32.4 Å². The first kappa shape index (κ1) is 18.9. The van der Waals surface area contributed by atoms with Crippen molar-refractivity contribution in [1.82, 2.24) is 5.32 Å². The standard InChI is InChI=1S/C14H19FN2O3S.ClH/c1-2-7-21(19,20)9-13(18)17-12-4-3-10-8-16-6-5-11(10)14(12)15;/h3-4,16H,2,5-9H2,1H3,(H,17,18);1H. The van der Waals surface area contributed by atoms with Crippen LogP contribution in [0.2, 0.25) is 0 Å². The largest absolute Gasteiger partial charge is 0.323 e. The van der Waals surface area contributed by atoms with Gasteiger partial charge in [-0.2, -0.15) is 0 Å². The molecule has 0 bridgehead atoms. The van der Waals surface area contributed by atoms with Gasteiger partial charge in [0.2, 0.25) is 5.91 Å². The summed E-state index contributed by atoms with van der Waals surface area (Å²) in [4.78, 5) is 11.8. The number of fused-ring (bicyclic) bond motifs is 1. The summed E-state index contributed by atoms with van der Waals surface area (Å²) in [5.41, 5.74) is 1.51. The SMILES string of the molecule is CCCS(=O)(=O)CC(=O)Nc1ccc2c(c1F)CCNC2.Cl. The maximum absolute atomic E-state index is 14.3. The number of carbonyl (C=O) groups excluding carboxylic acids is 1. The van der Waals surface area contributed by atoms with Gasteiger partial charge in [-0.3, -0.25) is 4.79 Å². The van der Waals surface area contributed by atoms with Crippen LogP contribution in [0.15, 0.2) is 12.1 Å². The van der Waals surface area contributed by atoms with E-state index in [0.29, 0.717) is 31.5 Å². The molecule has 0 fully saturated rings. The molecule has 2 N–H and O–H groups in total. The van der Waals surface area contributed by atoms with Gasteiger partial charge in [0.25, 0.3) is 0 Å². The molecule has 0 atom stereocenters. The third-order valence-electron chi connectivity index (χ3n) is 3.35. The summed E-state index contributed by atoms with van der Waals surface area (Å²) in [6.07, 6.45) is 1.01. The number of nitrogens with one attached hydrogen (secondary N) is 2. The molecule has 1 aliphatic rings. The number of halogens is 2. The van der Waals surface area contributed by atoms with Crippen molar-refractivity contribution in [1.29, 1.82) is 0 Å². The topological polar surface area (TPSA) is 75.3 Å². The number of rotatable bonds is 5. The molecule has 0 radical (unpaired) electrons. The van der Waals surface area contributed by atoms with Crippen molar-refractivity contribution in [2.24, 2.45) is 0 Å². The molecule has 1 aromatic carbocycles. The molecule has 1 heterocycles. The van der Waals surface area contributed by atoms with Crippen LogP contribution in [0.4, 0.5) is 10.1 Å². The first-order valence-electron chi connectivity index (χ1n) is 6.94. The normalized spacial score (nSPS) is 13.9. The van der Waals surface area contributed by atoms with Gasteiger partial charge in [0.1, 0.15) is 11.6 Å². The third kappa shape index (κ3) is 4.66. The van der Waals surface area contributed by atoms with E-state index in [1.54, 1.807) is 13.0 Å². The highest BCUT2D eigenvalue weighted by Crippen LogP contribution is 2.24. The molecule has 1 amide bonds. The molecule has 0 unspecified atom stereocenters. The summed E-state index contributed by atoms with van der Waals surface area (Å²) >= 11 is 0. The van der Waals surface area contributed by atoms with Crippen LogP contribution < -0.4 is 10.6 Å². The molecule has 1 aliphatic heterocycles. The van der Waals surface area contributed by atoms with Gasteiger partial charge in [-0.05, 0) is 36.6 Å². The summed E-state index contributed by atoms with van der Waals surface area (Å²) in [5.74, 6) is -1.82. The van der Waals surface area contributed by atoms with Crippen molar-refractivity contribution < 1.29 is 17.6 Å². The fourth-order valence-corrected chi connectivity index (χ4v) is 3.64. The number of hydrogen-bond acceptors (Lipinski definition) is 4. The Labute approximate surface area is 136 Å². The number of sulfone groups is 1. The summed E-state index contributed by atoms with van der Waals surface area (Å²) in [7, 11) is -3.43. The summed E-state index contributed by atoms with van der Waals surface area (Å²) in [5, 5.41) is 5.50. The molecule has 124 valence electrons. The number of hydrogen-bond donors (Lipinski definition) is 2. The quantitative estimate of drug-likeness (QED) is 0.846. The Hall–Kier alpha value is -1.18. The van der Waals surface area contributed by atoms with E-state index >= 15 is 0 Å². The van der Waals surface area contributed by atoms with Crippen molar-refractivity contribution in [3.8, 4) is 0 Å². The molecule has 0 aromatic heterocycles.